The summed E-state index contributed by atoms with van der Waals surface area (Å²) in [4.78, 5) is 0. The number of ether oxygens (including phenoxy) is 1. The molecule has 0 aromatic heterocycles. The van der Waals surface area contributed by atoms with Gasteiger partial charge in [0.05, 0.1) is 13.2 Å². The molecule has 0 fully saturated rings. The van der Waals surface area contributed by atoms with Crippen molar-refractivity contribution in [2.75, 3.05) is 13.2 Å². The SMILES string of the molecule is OCC(COc1ccccc1)c1cccc(F)c1. The van der Waals surface area contributed by atoms with Gasteiger partial charge in [0.1, 0.15) is 11.6 Å². The minimum absolute atomic E-state index is 0.0731. The van der Waals surface area contributed by atoms with Crippen LogP contribution in [0.5, 0.6) is 5.75 Å². The molecule has 0 saturated carbocycles. The van der Waals surface area contributed by atoms with Gasteiger partial charge >= 0.3 is 0 Å². The Morgan fingerprint density at radius 3 is 2.50 bits per heavy atom. The molecule has 0 saturated heterocycles. The number of rotatable bonds is 5. The molecule has 2 aromatic rings. The number of aliphatic hydroxyl groups excluding tert-OH is 1. The molecule has 0 bridgehead atoms. The van der Waals surface area contributed by atoms with Crippen LogP contribution in [-0.2, 0) is 0 Å². The highest BCUT2D eigenvalue weighted by Gasteiger charge is 2.12. The van der Waals surface area contributed by atoms with Gasteiger partial charge in [-0.1, -0.05) is 30.3 Å². The first-order valence-corrected chi connectivity index (χ1v) is 5.84. The Kier molecular flexibility index (Phi) is 4.31. The monoisotopic (exact) mass is 246 g/mol. The van der Waals surface area contributed by atoms with Gasteiger partial charge in [-0.25, -0.2) is 4.39 Å². The average Bonchev–Trinajstić information content (AvgIpc) is 2.41. The third kappa shape index (κ3) is 3.31. The third-order valence-electron chi connectivity index (χ3n) is 2.73. The predicted octanol–water partition coefficient (Wildman–Crippen LogP) is 2.98. The Balaban J connectivity index is 2.02. The van der Waals surface area contributed by atoms with Gasteiger partial charge in [-0.2, -0.15) is 0 Å². The van der Waals surface area contributed by atoms with Crippen molar-refractivity contribution in [1.29, 1.82) is 0 Å². The van der Waals surface area contributed by atoms with E-state index in [4.69, 9.17) is 4.74 Å². The van der Waals surface area contributed by atoms with Crippen molar-refractivity contribution in [2.24, 2.45) is 0 Å². The minimum Gasteiger partial charge on any atom is -0.493 e. The number of hydrogen-bond acceptors (Lipinski definition) is 2. The van der Waals surface area contributed by atoms with Crippen molar-refractivity contribution in [3.63, 3.8) is 0 Å². The second kappa shape index (κ2) is 6.17. The standard InChI is InChI=1S/C15H15FO2/c16-14-6-4-5-12(9-14)13(10-17)11-18-15-7-2-1-3-8-15/h1-9,13,17H,10-11H2. The topological polar surface area (TPSA) is 29.5 Å². The lowest BCUT2D eigenvalue weighted by Gasteiger charge is -2.15. The predicted molar refractivity (Wildman–Crippen MR) is 68.2 cm³/mol. The summed E-state index contributed by atoms with van der Waals surface area (Å²) in [5, 5.41) is 9.35. The summed E-state index contributed by atoms with van der Waals surface area (Å²) < 4.78 is 18.7. The fourth-order valence-electron chi connectivity index (χ4n) is 1.73. The number of halogens is 1. The highest BCUT2D eigenvalue weighted by molar-refractivity contribution is 5.23. The maximum atomic E-state index is 13.1. The lowest BCUT2D eigenvalue weighted by atomic mass is 10.0. The molecular weight excluding hydrogens is 231 g/mol. The van der Waals surface area contributed by atoms with E-state index in [1.165, 1.54) is 12.1 Å². The molecule has 2 nitrogen and oxygen atoms in total. The molecule has 0 aliphatic heterocycles. The van der Waals surface area contributed by atoms with E-state index in [0.29, 0.717) is 6.61 Å². The van der Waals surface area contributed by atoms with E-state index in [-0.39, 0.29) is 18.3 Å². The van der Waals surface area contributed by atoms with Crippen LogP contribution in [0.25, 0.3) is 0 Å². The van der Waals surface area contributed by atoms with Gasteiger partial charge in [-0.3, -0.25) is 0 Å². The average molecular weight is 246 g/mol. The largest absolute Gasteiger partial charge is 0.493 e. The Hall–Kier alpha value is -1.87. The fourth-order valence-corrected chi connectivity index (χ4v) is 1.73. The van der Waals surface area contributed by atoms with Gasteiger partial charge in [-0.15, -0.1) is 0 Å². The zero-order valence-electron chi connectivity index (χ0n) is 9.92. The fraction of sp³-hybridized carbons (Fsp3) is 0.200. The van der Waals surface area contributed by atoms with Crippen LogP contribution in [0.15, 0.2) is 54.6 Å². The third-order valence-corrected chi connectivity index (χ3v) is 2.73. The van der Waals surface area contributed by atoms with Crippen molar-refractivity contribution < 1.29 is 14.2 Å². The van der Waals surface area contributed by atoms with Crippen LogP contribution in [0.3, 0.4) is 0 Å². The molecule has 1 N–H and O–H groups in total. The molecule has 18 heavy (non-hydrogen) atoms. The van der Waals surface area contributed by atoms with E-state index in [1.54, 1.807) is 12.1 Å². The highest BCUT2D eigenvalue weighted by Crippen LogP contribution is 2.18. The van der Waals surface area contributed by atoms with E-state index < -0.39 is 0 Å². The number of benzene rings is 2. The summed E-state index contributed by atoms with van der Waals surface area (Å²) in [7, 11) is 0. The van der Waals surface area contributed by atoms with Crippen molar-refractivity contribution in [3.8, 4) is 5.75 Å². The normalized spacial score (nSPS) is 12.1. The first-order valence-electron chi connectivity index (χ1n) is 5.84. The summed E-state index contributed by atoms with van der Waals surface area (Å²) >= 11 is 0. The molecule has 3 heteroatoms. The summed E-state index contributed by atoms with van der Waals surface area (Å²) in [6.45, 7) is 0.250. The number of hydrogen-bond donors (Lipinski definition) is 1. The molecule has 1 unspecified atom stereocenters. The van der Waals surface area contributed by atoms with Gasteiger partial charge in [0.25, 0.3) is 0 Å². The Morgan fingerprint density at radius 1 is 1.06 bits per heavy atom. The summed E-state index contributed by atoms with van der Waals surface area (Å²) in [5.74, 6) is 0.221. The van der Waals surface area contributed by atoms with Gasteiger partial charge < -0.3 is 9.84 Å². The van der Waals surface area contributed by atoms with E-state index in [0.717, 1.165) is 11.3 Å². The summed E-state index contributed by atoms with van der Waals surface area (Å²) in [6.07, 6.45) is 0. The van der Waals surface area contributed by atoms with Gasteiger partial charge in [0, 0.05) is 5.92 Å². The lowest BCUT2D eigenvalue weighted by molar-refractivity contribution is 0.205. The van der Waals surface area contributed by atoms with Crippen molar-refractivity contribution in [3.05, 3.63) is 66.0 Å². The Labute approximate surface area is 106 Å². The summed E-state index contributed by atoms with van der Waals surface area (Å²) in [5.41, 5.74) is 0.744. The maximum absolute atomic E-state index is 13.1. The van der Waals surface area contributed by atoms with Crippen LogP contribution >= 0.6 is 0 Å². The molecule has 2 rings (SSSR count). The highest BCUT2D eigenvalue weighted by atomic mass is 19.1. The van der Waals surface area contributed by atoms with Crippen LogP contribution in [0.4, 0.5) is 4.39 Å². The smallest absolute Gasteiger partial charge is 0.123 e. The molecule has 0 heterocycles. The maximum Gasteiger partial charge on any atom is 0.123 e. The van der Waals surface area contributed by atoms with E-state index in [1.807, 2.05) is 30.3 Å². The van der Waals surface area contributed by atoms with Gasteiger partial charge in [-0.05, 0) is 29.8 Å². The zero-order chi connectivity index (χ0) is 12.8. The van der Waals surface area contributed by atoms with Gasteiger partial charge in [0.15, 0.2) is 0 Å². The Bertz CT molecular complexity index is 485. The lowest BCUT2D eigenvalue weighted by Crippen LogP contribution is -2.14. The van der Waals surface area contributed by atoms with Crippen LogP contribution in [0.1, 0.15) is 11.5 Å². The zero-order valence-corrected chi connectivity index (χ0v) is 9.92. The molecule has 0 radical (unpaired) electrons. The molecule has 0 spiro atoms. The van der Waals surface area contributed by atoms with E-state index >= 15 is 0 Å². The summed E-state index contributed by atoms with van der Waals surface area (Å²) in [6, 6.07) is 15.6. The van der Waals surface area contributed by atoms with Gasteiger partial charge in [0.2, 0.25) is 0 Å². The first-order chi connectivity index (χ1) is 8.79. The molecule has 0 aliphatic carbocycles. The van der Waals surface area contributed by atoms with Crippen molar-refractivity contribution >= 4 is 0 Å². The van der Waals surface area contributed by atoms with Crippen LogP contribution in [0.2, 0.25) is 0 Å². The van der Waals surface area contributed by atoms with Crippen molar-refractivity contribution in [1.82, 2.24) is 0 Å². The molecular formula is C15H15FO2. The second-order valence-electron chi connectivity index (χ2n) is 4.06. The molecule has 2 aromatic carbocycles. The quantitative estimate of drug-likeness (QED) is 0.878. The van der Waals surface area contributed by atoms with E-state index in [9.17, 15) is 9.50 Å². The van der Waals surface area contributed by atoms with Crippen LogP contribution in [-0.4, -0.2) is 18.3 Å². The molecule has 0 amide bonds. The Morgan fingerprint density at radius 2 is 1.83 bits per heavy atom. The molecule has 1 atom stereocenters. The second-order valence-corrected chi connectivity index (χ2v) is 4.06. The first kappa shape index (κ1) is 12.6. The van der Waals surface area contributed by atoms with Crippen molar-refractivity contribution in [2.45, 2.75) is 5.92 Å². The minimum atomic E-state index is -0.300. The number of para-hydroxylation sites is 1. The van der Waals surface area contributed by atoms with Crippen LogP contribution < -0.4 is 4.74 Å². The molecule has 0 aliphatic rings. The van der Waals surface area contributed by atoms with Crippen LogP contribution in [0, 0.1) is 5.82 Å². The molecule has 94 valence electrons. The van der Waals surface area contributed by atoms with E-state index in [2.05, 4.69) is 0 Å². The number of aliphatic hydroxyl groups is 1.